The zero-order valence-corrected chi connectivity index (χ0v) is 13.2. The molecule has 1 aliphatic rings. The first-order valence-electron chi connectivity index (χ1n) is 6.63. The average molecular weight is 292 g/mol. The van der Waals surface area contributed by atoms with Crippen molar-refractivity contribution in [2.75, 3.05) is 0 Å². The van der Waals surface area contributed by atoms with Crippen molar-refractivity contribution in [2.24, 2.45) is 5.73 Å². The van der Waals surface area contributed by atoms with Gasteiger partial charge in [-0.05, 0) is 38.7 Å². The lowest BCUT2D eigenvalue weighted by Crippen LogP contribution is -2.41. The Bertz CT molecular complexity index is 504. The molecule has 1 aliphatic heterocycles. The van der Waals surface area contributed by atoms with E-state index in [1.165, 1.54) is 11.8 Å². The molecule has 0 radical (unpaired) electrons. The standard InChI is InChI=1S/C14H21BN2O2S/c1-13(2)14(3,4)19-15(18-13)11-8-6-5-7-10(11)9-20-12(16)17/h5-8H,9H2,1-4H3,(H3,16,17). The van der Waals surface area contributed by atoms with Gasteiger partial charge in [-0.3, -0.25) is 5.41 Å². The van der Waals surface area contributed by atoms with Gasteiger partial charge in [-0.15, -0.1) is 0 Å². The van der Waals surface area contributed by atoms with Crippen molar-refractivity contribution >= 4 is 29.5 Å². The van der Waals surface area contributed by atoms with Crippen LogP contribution in [0.3, 0.4) is 0 Å². The summed E-state index contributed by atoms with van der Waals surface area (Å²) in [6.45, 7) is 8.17. The van der Waals surface area contributed by atoms with Gasteiger partial charge in [-0.2, -0.15) is 0 Å². The number of hydrogen-bond donors (Lipinski definition) is 2. The number of rotatable bonds is 3. The van der Waals surface area contributed by atoms with Crippen LogP contribution in [-0.2, 0) is 15.1 Å². The molecule has 2 rings (SSSR count). The van der Waals surface area contributed by atoms with Gasteiger partial charge < -0.3 is 15.0 Å². The Kier molecular flexibility index (Phi) is 4.18. The van der Waals surface area contributed by atoms with Crippen LogP contribution in [0.15, 0.2) is 24.3 Å². The van der Waals surface area contributed by atoms with Crippen molar-refractivity contribution in [1.29, 1.82) is 5.41 Å². The van der Waals surface area contributed by atoms with Crippen molar-refractivity contribution < 1.29 is 9.31 Å². The molecule has 1 aromatic rings. The lowest BCUT2D eigenvalue weighted by Gasteiger charge is -2.32. The number of thioether (sulfide) groups is 1. The van der Waals surface area contributed by atoms with Crippen LogP contribution in [-0.4, -0.2) is 23.5 Å². The van der Waals surface area contributed by atoms with Crippen molar-refractivity contribution in [3.8, 4) is 0 Å². The van der Waals surface area contributed by atoms with Crippen LogP contribution >= 0.6 is 11.8 Å². The molecule has 0 aliphatic carbocycles. The molecule has 108 valence electrons. The Balaban J connectivity index is 2.24. The van der Waals surface area contributed by atoms with Crippen LogP contribution in [0.25, 0.3) is 0 Å². The number of amidine groups is 1. The second kappa shape index (κ2) is 5.43. The van der Waals surface area contributed by atoms with E-state index in [2.05, 4.69) is 0 Å². The first-order chi connectivity index (χ1) is 9.23. The average Bonchev–Trinajstić information content (AvgIpc) is 2.56. The van der Waals surface area contributed by atoms with Crippen LogP contribution in [0.4, 0.5) is 0 Å². The van der Waals surface area contributed by atoms with Gasteiger partial charge in [0.25, 0.3) is 0 Å². The van der Waals surface area contributed by atoms with E-state index < -0.39 is 0 Å². The lowest BCUT2D eigenvalue weighted by atomic mass is 9.76. The van der Waals surface area contributed by atoms with E-state index in [0.29, 0.717) is 5.75 Å². The van der Waals surface area contributed by atoms with Crippen molar-refractivity contribution in [3.63, 3.8) is 0 Å². The van der Waals surface area contributed by atoms with Crippen molar-refractivity contribution in [1.82, 2.24) is 0 Å². The maximum atomic E-state index is 7.33. The zero-order chi connectivity index (χ0) is 15.0. The molecule has 0 unspecified atom stereocenters. The highest BCUT2D eigenvalue weighted by atomic mass is 32.2. The predicted molar refractivity (Wildman–Crippen MR) is 85.4 cm³/mol. The highest BCUT2D eigenvalue weighted by molar-refractivity contribution is 8.13. The number of nitrogens with one attached hydrogen (secondary N) is 1. The molecule has 1 aromatic carbocycles. The maximum absolute atomic E-state index is 7.33. The molecular formula is C14H21BN2O2S. The van der Waals surface area contributed by atoms with Gasteiger partial charge in [-0.1, -0.05) is 36.0 Å². The van der Waals surface area contributed by atoms with Crippen LogP contribution < -0.4 is 11.2 Å². The van der Waals surface area contributed by atoms with Gasteiger partial charge in [0.15, 0.2) is 5.17 Å². The monoisotopic (exact) mass is 292 g/mol. The highest BCUT2D eigenvalue weighted by Crippen LogP contribution is 2.36. The van der Waals surface area contributed by atoms with Crippen molar-refractivity contribution in [3.05, 3.63) is 29.8 Å². The SMILES string of the molecule is CC1(C)OB(c2ccccc2CSC(=N)N)OC1(C)C. The minimum Gasteiger partial charge on any atom is -0.399 e. The number of nitrogens with two attached hydrogens (primary N) is 1. The second-order valence-electron chi connectivity index (χ2n) is 5.94. The lowest BCUT2D eigenvalue weighted by molar-refractivity contribution is 0.00578. The Morgan fingerprint density at radius 2 is 1.75 bits per heavy atom. The molecule has 0 bridgehead atoms. The Hall–Kier alpha value is -0.975. The summed E-state index contributed by atoms with van der Waals surface area (Å²) in [4.78, 5) is 0. The normalized spacial score (nSPS) is 20.1. The summed E-state index contributed by atoms with van der Waals surface area (Å²) in [6, 6.07) is 7.99. The van der Waals surface area contributed by atoms with E-state index in [4.69, 9.17) is 20.5 Å². The molecule has 1 fully saturated rings. The minimum atomic E-state index is -0.372. The largest absolute Gasteiger partial charge is 0.495 e. The molecule has 4 nitrogen and oxygen atoms in total. The number of hydrogen-bond acceptors (Lipinski definition) is 4. The molecule has 0 amide bonds. The first kappa shape index (κ1) is 15.4. The summed E-state index contributed by atoms with van der Waals surface area (Å²) in [5.74, 6) is 0.648. The fourth-order valence-corrected chi connectivity index (χ4v) is 2.60. The molecule has 1 heterocycles. The van der Waals surface area contributed by atoms with Gasteiger partial charge in [0.1, 0.15) is 0 Å². The van der Waals surface area contributed by atoms with Gasteiger partial charge in [0, 0.05) is 5.75 Å². The Morgan fingerprint density at radius 1 is 1.20 bits per heavy atom. The van der Waals surface area contributed by atoms with E-state index >= 15 is 0 Å². The predicted octanol–water partition coefficient (Wildman–Crippen LogP) is 2.11. The summed E-state index contributed by atoms with van der Waals surface area (Å²) in [6.07, 6.45) is 0. The third kappa shape index (κ3) is 3.02. The smallest absolute Gasteiger partial charge is 0.399 e. The molecule has 0 aromatic heterocycles. The molecule has 0 saturated carbocycles. The van der Waals surface area contributed by atoms with E-state index in [1.54, 1.807) is 0 Å². The number of benzene rings is 1. The van der Waals surface area contributed by atoms with E-state index in [9.17, 15) is 0 Å². The minimum absolute atomic E-state index is 0.119. The van der Waals surface area contributed by atoms with E-state index in [1.807, 2.05) is 52.0 Å². The zero-order valence-electron chi connectivity index (χ0n) is 12.4. The summed E-state index contributed by atoms with van der Waals surface area (Å²) in [5.41, 5.74) is 6.82. The molecule has 20 heavy (non-hydrogen) atoms. The molecular weight excluding hydrogens is 271 g/mol. The van der Waals surface area contributed by atoms with Gasteiger partial charge in [-0.25, -0.2) is 0 Å². The molecule has 3 N–H and O–H groups in total. The van der Waals surface area contributed by atoms with Gasteiger partial charge in [0.05, 0.1) is 11.2 Å². The molecule has 1 saturated heterocycles. The van der Waals surface area contributed by atoms with Gasteiger partial charge in [0.2, 0.25) is 0 Å². The topological polar surface area (TPSA) is 68.3 Å². The van der Waals surface area contributed by atoms with Crippen molar-refractivity contribution in [2.45, 2.75) is 44.6 Å². The quantitative estimate of drug-likeness (QED) is 0.508. The van der Waals surface area contributed by atoms with Crippen LogP contribution in [0, 0.1) is 5.41 Å². The van der Waals surface area contributed by atoms with E-state index in [0.717, 1.165) is 11.0 Å². The third-order valence-corrected chi connectivity index (χ3v) is 4.71. The fraction of sp³-hybridized carbons (Fsp3) is 0.500. The highest BCUT2D eigenvalue weighted by Gasteiger charge is 2.52. The van der Waals surface area contributed by atoms with Gasteiger partial charge >= 0.3 is 7.12 Å². The Labute approximate surface area is 125 Å². The fourth-order valence-electron chi connectivity index (χ4n) is 2.02. The molecule has 0 spiro atoms. The third-order valence-electron chi connectivity index (χ3n) is 3.95. The summed E-state index contributed by atoms with van der Waals surface area (Å²) in [7, 11) is -0.372. The summed E-state index contributed by atoms with van der Waals surface area (Å²) < 4.78 is 12.2. The molecule has 6 heteroatoms. The van der Waals surface area contributed by atoms with Crippen LogP contribution in [0.1, 0.15) is 33.3 Å². The van der Waals surface area contributed by atoms with E-state index in [-0.39, 0.29) is 23.5 Å². The van der Waals surface area contributed by atoms with Crippen LogP contribution in [0.5, 0.6) is 0 Å². The first-order valence-corrected chi connectivity index (χ1v) is 7.62. The maximum Gasteiger partial charge on any atom is 0.495 e. The Morgan fingerprint density at radius 3 is 2.30 bits per heavy atom. The second-order valence-corrected chi connectivity index (χ2v) is 6.96. The molecule has 0 atom stereocenters. The van der Waals surface area contributed by atoms with Crippen LogP contribution in [0.2, 0.25) is 0 Å². The summed E-state index contributed by atoms with van der Waals surface area (Å²) in [5, 5.41) is 7.45. The summed E-state index contributed by atoms with van der Waals surface area (Å²) >= 11 is 1.31.